The Hall–Kier alpha value is -3.65. The quantitative estimate of drug-likeness (QED) is 0.503. The Morgan fingerprint density at radius 1 is 0.871 bits per heavy atom. The van der Waals surface area contributed by atoms with Crippen LogP contribution in [0.15, 0.2) is 66.7 Å². The molecule has 0 fully saturated rings. The molecule has 160 valence electrons. The Morgan fingerprint density at radius 2 is 1.58 bits per heavy atom. The fourth-order valence-corrected chi connectivity index (χ4v) is 3.83. The topological polar surface area (TPSA) is 90.5 Å². The molecule has 0 unspecified atom stereocenters. The Balaban J connectivity index is 1.54. The number of para-hydroxylation sites is 2. The third-order valence-corrected chi connectivity index (χ3v) is 5.47. The number of benzene rings is 2. The summed E-state index contributed by atoms with van der Waals surface area (Å²) in [5, 5.41) is 8.82. The molecule has 0 saturated heterocycles. The number of nitrogens with zero attached hydrogens (tertiary/aromatic N) is 1. The van der Waals surface area contributed by atoms with Crippen molar-refractivity contribution in [1.82, 2.24) is 4.90 Å². The predicted molar refractivity (Wildman–Crippen MR) is 125 cm³/mol. The normalized spacial score (nSPS) is 10.3. The number of carbonyl (C=O) groups excluding carboxylic acids is 3. The molecule has 0 aliphatic heterocycles. The number of carbonyl (C=O) groups is 3. The van der Waals surface area contributed by atoms with Gasteiger partial charge < -0.3 is 15.5 Å². The van der Waals surface area contributed by atoms with E-state index in [0.717, 1.165) is 29.0 Å². The number of anilines is 3. The maximum Gasteiger partial charge on any atom is 0.324 e. The van der Waals surface area contributed by atoms with Crippen LogP contribution < -0.4 is 16.0 Å². The lowest BCUT2D eigenvalue weighted by atomic mass is 10.1. The van der Waals surface area contributed by atoms with Gasteiger partial charge in [0.15, 0.2) is 0 Å². The van der Waals surface area contributed by atoms with Crippen molar-refractivity contribution in [1.29, 1.82) is 0 Å². The molecule has 8 heteroatoms. The Kier molecular flexibility index (Phi) is 7.40. The summed E-state index contributed by atoms with van der Waals surface area (Å²) in [5.41, 5.74) is 2.46. The second-order valence-corrected chi connectivity index (χ2v) is 7.91. The van der Waals surface area contributed by atoms with Crippen LogP contribution >= 0.6 is 11.3 Å². The predicted octanol–water partition coefficient (Wildman–Crippen LogP) is 4.67. The average molecular weight is 437 g/mol. The van der Waals surface area contributed by atoms with Crippen molar-refractivity contribution >= 4 is 45.6 Å². The van der Waals surface area contributed by atoms with Crippen molar-refractivity contribution in [3.63, 3.8) is 0 Å². The third-order valence-electron chi connectivity index (χ3n) is 4.48. The van der Waals surface area contributed by atoms with Gasteiger partial charge in [-0.15, -0.1) is 11.3 Å². The second kappa shape index (κ2) is 10.4. The first kappa shape index (κ1) is 22.0. The Labute approximate surface area is 185 Å². The minimum Gasteiger partial charge on any atom is -0.332 e. The first-order chi connectivity index (χ1) is 15.0. The zero-order valence-electron chi connectivity index (χ0n) is 17.3. The van der Waals surface area contributed by atoms with E-state index in [9.17, 15) is 14.4 Å². The molecular formula is C23H24N4O3S. The molecule has 0 spiro atoms. The van der Waals surface area contributed by atoms with Crippen LogP contribution in [0.1, 0.15) is 22.2 Å². The molecule has 0 aliphatic rings. The summed E-state index contributed by atoms with van der Waals surface area (Å²) in [4.78, 5) is 38.9. The van der Waals surface area contributed by atoms with Gasteiger partial charge in [-0.05, 0) is 42.3 Å². The molecule has 1 heterocycles. The fourth-order valence-electron chi connectivity index (χ4n) is 2.93. The van der Waals surface area contributed by atoms with Gasteiger partial charge in [-0.25, -0.2) is 4.79 Å². The van der Waals surface area contributed by atoms with Crippen LogP contribution in [0.4, 0.5) is 21.2 Å². The maximum atomic E-state index is 12.7. The number of hydrogen-bond acceptors (Lipinski definition) is 4. The van der Waals surface area contributed by atoms with Gasteiger partial charge in [0.25, 0.3) is 5.91 Å². The lowest BCUT2D eigenvalue weighted by Gasteiger charge is -2.17. The number of hydrogen-bond donors (Lipinski definition) is 3. The first-order valence-electron chi connectivity index (χ1n) is 9.82. The standard InChI is InChI=1S/C23H24N4O3S/c1-3-16-9-7-8-12-18(16)25-20(28)15-27(2)22(29)19-13-14-21(31-19)26-23(30)24-17-10-5-4-6-11-17/h4-14H,3,15H2,1-2H3,(H,25,28)(H2,24,26,30). The van der Waals surface area contributed by atoms with Crippen LogP contribution in [0.25, 0.3) is 0 Å². The fraction of sp³-hybridized carbons (Fsp3) is 0.174. The Bertz CT molecular complexity index is 1070. The van der Waals surface area contributed by atoms with Crippen LogP contribution in [-0.2, 0) is 11.2 Å². The number of rotatable bonds is 7. The first-order valence-corrected chi connectivity index (χ1v) is 10.6. The van der Waals surface area contributed by atoms with Crippen LogP contribution in [0.3, 0.4) is 0 Å². The number of urea groups is 1. The number of nitrogens with one attached hydrogen (secondary N) is 3. The van der Waals surface area contributed by atoms with Crippen molar-refractivity contribution in [2.45, 2.75) is 13.3 Å². The molecular weight excluding hydrogens is 412 g/mol. The van der Waals surface area contributed by atoms with Gasteiger partial charge in [0.1, 0.15) is 0 Å². The highest BCUT2D eigenvalue weighted by Crippen LogP contribution is 2.23. The van der Waals surface area contributed by atoms with Crippen molar-refractivity contribution in [2.75, 3.05) is 29.5 Å². The highest BCUT2D eigenvalue weighted by atomic mass is 32.1. The minimum atomic E-state index is -0.394. The smallest absolute Gasteiger partial charge is 0.324 e. The molecule has 3 aromatic rings. The largest absolute Gasteiger partial charge is 0.332 e. The summed E-state index contributed by atoms with van der Waals surface area (Å²) in [6.45, 7) is 1.94. The molecule has 7 nitrogen and oxygen atoms in total. The summed E-state index contributed by atoms with van der Waals surface area (Å²) in [6, 6.07) is 19.5. The second-order valence-electron chi connectivity index (χ2n) is 6.83. The van der Waals surface area contributed by atoms with Gasteiger partial charge in [0.05, 0.1) is 16.4 Å². The van der Waals surface area contributed by atoms with E-state index in [1.807, 2.05) is 49.4 Å². The van der Waals surface area contributed by atoms with Crippen LogP contribution in [0.2, 0.25) is 0 Å². The molecule has 0 bridgehead atoms. The molecule has 3 N–H and O–H groups in total. The third kappa shape index (κ3) is 6.16. The monoisotopic (exact) mass is 436 g/mol. The van der Waals surface area contributed by atoms with Gasteiger partial charge >= 0.3 is 6.03 Å². The molecule has 1 aromatic heterocycles. The van der Waals surface area contributed by atoms with E-state index in [2.05, 4.69) is 16.0 Å². The van der Waals surface area contributed by atoms with Gasteiger partial charge in [0.2, 0.25) is 5.91 Å². The average Bonchev–Trinajstić information content (AvgIpc) is 3.22. The number of likely N-dealkylation sites (N-methyl/N-ethyl adjacent to an activating group) is 1. The SMILES string of the molecule is CCc1ccccc1NC(=O)CN(C)C(=O)c1ccc(NC(=O)Nc2ccccc2)s1. The number of amides is 4. The lowest BCUT2D eigenvalue weighted by Crippen LogP contribution is -2.34. The zero-order chi connectivity index (χ0) is 22.2. The molecule has 0 aliphatic carbocycles. The molecule has 3 rings (SSSR count). The Morgan fingerprint density at radius 3 is 2.32 bits per heavy atom. The highest BCUT2D eigenvalue weighted by Gasteiger charge is 2.18. The van der Waals surface area contributed by atoms with Crippen molar-refractivity contribution in [2.24, 2.45) is 0 Å². The molecule has 2 aromatic carbocycles. The summed E-state index contributed by atoms with van der Waals surface area (Å²) in [7, 11) is 1.57. The van der Waals surface area contributed by atoms with E-state index in [0.29, 0.717) is 15.6 Å². The summed E-state index contributed by atoms with van der Waals surface area (Å²) in [5.74, 6) is -0.561. The maximum absolute atomic E-state index is 12.7. The minimum absolute atomic E-state index is 0.0773. The number of thiophene rings is 1. The number of aryl methyl sites for hydroxylation is 1. The highest BCUT2D eigenvalue weighted by molar-refractivity contribution is 7.18. The van der Waals surface area contributed by atoms with Crippen LogP contribution in [0.5, 0.6) is 0 Å². The van der Waals surface area contributed by atoms with Gasteiger partial charge in [-0.2, -0.15) is 0 Å². The molecule has 0 radical (unpaired) electrons. The van der Waals surface area contributed by atoms with E-state index in [-0.39, 0.29) is 18.4 Å². The molecule has 4 amide bonds. The lowest BCUT2D eigenvalue weighted by molar-refractivity contribution is -0.116. The van der Waals surface area contributed by atoms with E-state index in [1.54, 1.807) is 31.3 Å². The van der Waals surface area contributed by atoms with Gasteiger partial charge in [0, 0.05) is 18.4 Å². The van der Waals surface area contributed by atoms with Crippen molar-refractivity contribution in [3.05, 3.63) is 77.2 Å². The van der Waals surface area contributed by atoms with Crippen LogP contribution in [-0.4, -0.2) is 36.3 Å². The summed E-state index contributed by atoms with van der Waals surface area (Å²) >= 11 is 1.15. The zero-order valence-corrected chi connectivity index (χ0v) is 18.2. The van der Waals surface area contributed by atoms with Crippen molar-refractivity contribution in [3.8, 4) is 0 Å². The van der Waals surface area contributed by atoms with Gasteiger partial charge in [-0.3, -0.25) is 14.9 Å². The van der Waals surface area contributed by atoms with Crippen LogP contribution in [0, 0.1) is 0 Å². The van der Waals surface area contributed by atoms with E-state index < -0.39 is 6.03 Å². The molecule has 0 atom stereocenters. The molecule has 0 saturated carbocycles. The van der Waals surface area contributed by atoms with E-state index in [4.69, 9.17) is 0 Å². The summed E-state index contributed by atoms with van der Waals surface area (Å²) < 4.78 is 0. The van der Waals surface area contributed by atoms with E-state index in [1.165, 1.54) is 4.90 Å². The molecule has 31 heavy (non-hydrogen) atoms. The van der Waals surface area contributed by atoms with Gasteiger partial charge in [-0.1, -0.05) is 43.3 Å². The van der Waals surface area contributed by atoms with Crippen molar-refractivity contribution < 1.29 is 14.4 Å². The summed E-state index contributed by atoms with van der Waals surface area (Å²) in [6.07, 6.45) is 0.800. The van der Waals surface area contributed by atoms with E-state index >= 15 is 0 Å².